The van der Waals surface area contributed by atoms with Crippen LogP contribution in [0.2, 0.25) is 0 Å². The van der Waals surface area contributed by atoms with Gasteiger partial charge in [-0.3, -0.25) is 14.6 Å². The number of oxazole rings is 1. The van der Waals surface area contributed by atoms with E-state index in [1.807, 2.05) is 4.90 Å². The first-order valence-corrected chi connectivity index (χ1v) is 14.5. The lowest BCUT2D eigenvalue weighted by Crippen LogP contribution is -2.50. The van der Waals surface area contributed by atoms with Crippen LogP contribution in [0, 0.1) is 0 Å². The Labute approximate surface area is 227 Å². The molecule has 2 aromatic rings. The Kier molecular flexibility index (Phi) is 9.32. The van der Waals surface area contributed by atoms with Gasteiger partial charge in [0.15, 0.2) is 5.69 Å². The van der Waals surface area contributed by atoms with Crippen molar-refractivity contribution in [1.82, 2.24) is 24.6 Å². The van der Waals surface area contributed by atoms with Gasteiger partial charge in [0.2, 0.25) is 5.89 Å². The van der Waals surface area contributed by atoms with Gasteiger partial charge < -0.3 is 24.2 Å². The highest BCUT2D eigenvalue weighted by Gasteiger charge is 2.26. The summed E-state index contributed by atoms with van der Waals surface area (Å²) in [4.78, 5) is 29.0. The van der Waals surface area contributed by atoms with Gasteiger partial charge in [-0.15, -0.1) is 0 Å². The molecule has 1 aromatic heterocycles. The molecule has 0 saturated carbocycles. The van der Waals surface area contributed by atoms with Gasteiger partial charge >= 0.3 is 0 Å². The van der Waals surface area contributed by atoms with E-state index in [2.05, 4.69) is 55.8 Å². The van der Waals surface area contributed by atoms with Gasteiger partial charge in [-0.2, -0.15) is 0 Å². The van der Waals surface area contributed by atoms with Crippen LogP contribution in [0.15, 0.2) is 34.9 Å². The molecule has 38 heavy (non-hydrogen) atoms. The molecule has 208 valence electrons. The molecule has 1 N–H and O–H groups in total. The average molecular weight is 525 g/mol. The van der Waals surface area contributed by atoms with Gasteiger partial charge in [-0.25, -0.2) is 4.98 Å². The summed E-state index contributed by atoms with van der Waals surface area (Å²) in [7, 11) is 0. The van der Waals surface area contributed by atoms with E-state index in [4.69, 9.17) is 4.42 Å². The van der Waals surface area contributed by atoms with Crippen molar-refractivity contribution >= 4 is 11.6 Å². The highest BCUT2D eigenvalue weighted by molar-refractivity contribution is 5.92. The molecule has 0 bridgehead atoms. The number of carbonyl (C=O) groups is 1. The molecule has 9 nitrogen and oxygen atoms in total. The Morgan fingerprint density at radius 1 is 0.895 bits per heavy atom. The first-order valence-electron chi connectivity index (χ1n) is 14.5. The summed E-state index contributed by atoms with van der Waals surface area (Å²) in [5.74, 6) is 0.554. The number of anilines is 1. The lowest BCUT2D eigenvalue weighted by Gasteiger charge is -2.36. The number of aromatic nitrogens is 1. The summed E-state index contributed by atoms with van der Waals surface area (Å²) in [6.07, 6.45) is 6.06. The molecule has 5 rings (SSSR count). The molecule has 3 fully saturated rings. The molecule has 0 spiro atoms. The number of rotatable bonds is 9. The molecule has 9 heteroatoms. The second-order valence-electron chi connectivity index (χ2n) is 11.0. The summed E-state index contributed by atoms with van der Waals surface area (Å²) in [6.45, 7) is 13.2. The van der Waals surface area contributed by atoms with E-state index in [1.54, 1.807) is 0 Å². The van der Waals surface area contributed by atoms with Crippen molar-refractivity contribution in [2.75, 3.05) is 83.4 Å². The van der Waals surface area contributed by atoms with Crippen molar-refractivity contribution in [3.05, 3.63) is 47.7 Å². The second kappa shape index (κ2) is 13.1. The topological polar surface area (TPSA) is 79.5 Å². The zero-order chi connectivity index (χ0) is 26.3. The Balaban J connectivity index is 1.04. The quantitative estimate of drug-likeness (QED) is 0.535. The van der Waals surface area contributed by atoms with E-state index < -0.39 is 0 Å². The maximum absolute atomic E-state index is 13.1. The standard InChI is InChI=1S/C29H44N6O3/c1-2-24-8-4-5-9-27(24)34-16-18-35(19-17-34)29(37)26-23-38-28(30-26)22-33-14-12-32(13-15-33)21-25(36)20-31-10-6-3-7-11-31/h4-5,8-9,23,25,36H,2-3,6-7,10-22H2,1H3. The molecule has 0 radical (unpaired) electrons. The predicted molar refractivity (Wildman–Crippen MR) is 148 cm³/mol. The number of β-amino-alcohol motifs (C(OH)–C–C–N with tert-alkyl or cyclic N) is 1. The molecule has 0 aliphatic carbocycles. The molecule has 1 unspecified atom stereocenters. The van der Waals surface area contributed by atoms with Gasteiger partial charge in [0.1, 0.15) is 6.26 Å². The molecular weight excluding hydrogens is 480 g/mol. The number of para-hydroxylation sites is 1. The minimum Gasteiger partial charge on any atom is -0.447 e. The number of hydrogen-bond acceptors (Lipinski definition) is 8. The zero-order valence-electron chi connectivity index (χ0n) is 22.9. The largest absolute Gasteiger partial charge is 0.447 e. The number of benzene rings is 1. The molecule has 3 saturated heterocycles. The third kappa shape index (κ3) is 6.94. The summed E-state index contributed by atoms with van der Waals surface area (Å²) in [5, 5.41) is 10.6. The van der Waals surface area contributed by atoms with Crippen molar-refractivity contribution in [2.45, 2.75) is 45.3 Å². The van der Waals surface area contributed by atoms with Crippen LogP contribution in [0.5, 0.6) is 0 Å². The van der Waals surface area contributed by atoms with Gasteiger partial charge in [-0.05, 0) is 44.0 Å². The van der Waals surface area contributed by atoms with Crippen molar-refractivity contribution < 1.29 is 14.3 Å². The first-order chi connectivity index (χ1) is 18.6. The molecule has 4 heterocycles. The number of carbonyl (C=O) groups excluding carboxylic acids is 1. The molecule has 1 aromatic carbocycles. The molecule has 3 aliphatic heterocycles. The Morgan fingerprint density at radius 3 is 2.26 bits per heavy atom. The van der Waals surface area contributed by atoms with Crippen LogP contribution in [-0.4, -0.2) is 120 Å². The summed E-state index contributed by atoms with van der Waals surface area (Å²) in [5.41, 5.74) is 3.03. The van der Waals surface area contributed by atoms with E-state index in [9.17, 15) is 9.90 Å². The summed E-state index contributed by atoms with van der Waals surface area (Å²) >= 11 is 0. The highest BCUT2D eigenvalue weighted by Crippen LogP contribution is 2.23. The van der Waals surface area contributed by atoms with Crippen molar-refractivity contribution in [3.63, 3.8) is 0 Å². The van der Waals surface area contributed by atoms with Gasteiger partial charge in [-0.1, -0.05) is 31.5 Å². The fraction of sp³-hybridized carbons (Fsp3) is 0.655. The van der Waals surface area contributed by atoms with Crippen molar-refractivity contribution in [2.24, 2.45) is 0 Å². The number of aryl methyl sites for hydroxylation is 1. The van der Waals surface area contributed by atoms with Gasteiger partial charge in [0.25, 0.3) is 5.91 Å². The van der Waals surface area contributed by atoms with E-state index in [0.29, 0.717) is 31.2 Å². The van der Waals surface area contributed by atoms with Crippen LogP contribution >= 0.6 is 0 Å². The molecular formula is C29H44N6O3. The van der Waals surface area contributed by atoms with Crippen LogP contribution < -0.4 is 4.90 Å². The number of amides is 1. The number of piperazine rings is 2. The number of aliphatic hydroxyl groups excluding tert-OH is 1. The minimum atomic E-state index is -0.289. The smallest absolute Gasteiger partial charge is 0.275 e. The third-order valence-corrected chi connectivity index (χ3v) is 8.26. The van der Waals surface area contributed by atoms with Gasteiger partial charge in [0.05, 0.1) is 12.6 Å². The Hall–Kier alpha value is -2.46. The number of likely N-dealkylation sites (tertiary alicyclic amines) is 1. The number of hydrogen-bond donors (Lipinski definition) is 1. The number of piperidine rings is 1. The van der Waals surface area contributed by atoms with Crippen LogP contribution in [0.1, 0.15) is 48.1 Å². The van der Waals surface area contributed by atoms with E-state index >= 15 is 0 Å². The molecule has 1 atom stereocenters. The highest BCUT2D eigenvalue weighted by atomic mass is 16.3. The summed E-state index contributed by atoms with van der Waals surface area (Å²) in [6, 6.07) is 8.54. The monoisotopic (exact) mass is 524 g/mol. The fourth-order valence-electron chi connectivity index (χ4n) is 6.03. The van der Waals surface area contributed by atoms with E-state index in [-0.39, 0.29) is 12.0 Å². The zero-order valence-corrected chi connectivity index (χ0v) is 22.9. The maximum Gasteiger partial charge on any atom is 0.275 e. The van der Waals surface area contributed by atoms with Crippen molar-refractivity contribution in [1.29, 1.82) is 0 Å². The lowest BCUT2D eigenvalue weighted by molar-refractivity contribution is 0.0434. The van der Waals surface area contributed by atoms with Crippen LogP contribution in [-0.2, 0) is 13.0 Å². The summed E-state index contributed by atoms with van der Waals surface area (Å²) < 4.78 is 5.71. The van der Waals surface area contributed by atoms with Gasteiger partial charge in [0, 0.05) is 71.1 Å². The van der Waals surface area contributed by atoms with Crippen LogP contribution in [0.4, 0.5) is 5.69 Å². The minimum absolute atomic E-state index is 0.0454. The number of nitrogens with zero attached hydrogens (tertiary/aromatic N) is 6. The Morgan fingerprint density at radius 2 is 1.55 bits per heavy atom. The van der Waals surface area contributed by atoms with E-state index in [1.165, 1.54) is 36.8 Å². The Bertz CT molecular complexity index is 1020. The average Bonchev–Trinajstić information content (AvgIpc) is 3.43. The molecule has 3 aliphatic rings. The normalized spacial score (nSPS) is 21.1. The number of aliphatic hydroxyl groups is 1. The first kappa shape index (κ1) is 27.1. The maximum atomic E-state index is 13.1. The van der Waals surface area contributed by atoms with Crippen molar-refractivity contribution in [3.8, 4) is 0 Å². The lowest BCUT2D eigenvalue weighted by atomic mass is 10.1. The van der Waals surface area contributed by atoms with Crippen LogP contribution in [0.25, 0.3) is 0 Å². The van der Waals surface area contributed by atoms with E-state index in [0.717, 1.165) is 71.9 Å². The molecule has 1 amide bonds. The second-order valence-corrected chi connectivity index (χ2v) is 11.0. The SMILES string of the molecule is CCc1ccccc1N1CCN(C(=O)c2coc(CN3CCN(CC(O)CN4CCCCC4)CC3)n2)CC1. The predicted octanol–water partition coefficient (Wildman–Crippen LogP) is 2.16. The third-order valence-electron chi connectivity index (χ3n) is 8.26. The fourth-order valence-corrected chi connectivity index (χ4v) is 6.03. The van der Waals surface area contributed by atoms with Crippen LogP contribution in [0.3, 0.4) is 0 Å².